The summed E-state index contributed by atoms with van der Waals surface area (Å²) in [4.78, 5) is 0. The Bertz CT molecular complexity index is 6.00. The van der Waals surface area contributed by atoms with Gasteiger partial charge in [-0.05, 0) is 0 Å². The smallest absolute Gasteiger partial charge is 1.00 e. The molecule has 0 amide bonds. The molecule has 4 heteroatoms. The Morgan fingerprint density at radius 3 is 0.750 bits per heavy atom. The van der Waals surface area contributed by atoms with Gasteiger partial charge < -0.3 is 9.41 Å². The molecule has 0 aromatic heterocycles. The molecule has 0 unspecified atom stereocenters. The van der Waals surface area contributed by atoms with Gasteiger partial charge in [-0.3, -0.25) is 0 Å². The van der Waals surface area contributed by atoms with Crippen LogP contribution < -0.4 is 9.41 Å². The second-order valence-electron chi connectivity index (χ2n) is 0. The summed E-state index contributed by atoms with van der Waals surface area (Å²) in [5, 5.41) is 0. The number of hydrogen-bond donors (Lipinski definition) is 0. The van der Waals surface area contributed by atoms with Crippen LogP contribution in [0, 0.1) is 0 Å². The zero-order valence-corrected chi connectivity index (χ0v) is 4.90. The van der Waals surface area contributed by atoms with Gasteiger partial charge in [0.1, 0.15) is 0 Å². The van der Waals surface area contributed by atoms with E-state index in [0.717, 1.165) is 0 Å². The minimum Gasteiger partial charge on any atom is -1.00 e. The van der Waals surface area contributed by atoms with Gasteiger partial charge in [0.25, 0.3) is 0 Å². The molecule has 0 bridgehead atoms. The number of halogens is 3. The molecule has 0 fully saturated rings. The molecule has 0 aromatic carbocycles. The molecule has 4 heavy (non-hydrogen) atoms. The zero-order valence-electron chi connectivity index (χ0n) is 1.87. The third kappa shape index (κ3) is 9.96. The van der Waals surface area contributed by atoms with E-state index in [-0.39, 0.29) is 59.6 Å². The van der Waals surface area contributed by atoms with E-state index in [1.165, 1.54) is 0 Å². The van der Waals surface area contributed by atoms with Crippen LogP contribution in [0.2, 0.25) is 0 Å². The molecule has 0 spiro atoms. The van der Waals surface area contributed by atoms with Crippen molar-refractivity contribution in [2.45, 2.75) is 0 Å². The van der Waals surface area contributed by atoms with Crippen LogP contribution in [0.15, 0.2) is 0 Å². The minimum atomic E-state index is 0. The van der Waals surface area contributed by atoms with Crippen LogP contribution in [0.25, 0.3) is 0 Å². The molecule has 0 aliphatic heterocycles. The van der Waals surface area contributed by atoms with Gasteiger partial charge in [-0.2, -0.15) is 0 Å². The number of rotatable bonds is 0. The van der Waals surface area contributed by atoms with E-state index in [1.54, 1.807) is 0 Å². The Labute approximate surface area is 59.1 Å². The average molecular weight is 115 g/mol. The van der Waals surface area contributed by atoms with Gasteiger partial charge in [0, 0.05) is 0 Å². The summed E-state index contributed by atoms with van der Waals surface area (Å²) >= 11 is 0. The van der Waals surface area contributed by atoms with Crippen molar-refractivity contribution in [3.05, 3.63) is 0 Å². The van der Waals surface area contributed by atoms with Gasteiger partial charge in [-0.1, -0.05) is 0 Å². The Morgan fingerprint density at radius 1 is 0.750 bits per heavy atom. The average Bonchev–Trinajstić information content (AvgIpc) is 0. The van der Waals surface area contributed by atoms with E-state index in [0.29, 0.717) is 0 Å². The Morgan fingerprint density at radius 2 is 0.750 bits per heavy atom. The second kappa shape index (κ2) is 25.8. The normalized spacial score (nSPS) is 0. The SMILES string of the molecule is Cl.[Ca+2].[F-].[F-]. The van der Waals surface area contributed by atoms with Gasteiger partial charge >= 0.3 is 37.7 Å². The first kappa shape index (κ1) is 52.9. The Hall–Kier alpha value is 1.41. The van der Waals surface area contributed by atoms with E-state index in [2.05, 4.69) is 0 Å². The van der Waals surface area contributed by atoms with Crippen molar-refractivity contribution in [1.82, 2.24) is 0 Å². The second-order valence-corrected chi connectivity index (χ2v) is 0. The quantitative estimate of drug-likeness (QED) is 0.275. The molecule has 0 rings (SSSR count). The van der Waals surface area contributed by atoms with Gasteiger partial charge in [0.2, 0.25) is 0 Å². The van der Waals surface area contributed by atoms with Crippen molar-refractivity contribution in [2.24, 2.45) is 0 Å². The van der Waals surface area contributed by atoms with E-state index in [9.17, 15) is 0 Å². The van der Waals surface area contributed by atoms with E-state index in [1.807, 2.05) is 0 Å². The maximum Gasteiger partial charge on any atom is 2.00 e. The molecule has 0 saturated carbocycles. The Balaban J connectivity index is 0. The molecule has 0 atom stereocenters. The van der Waals surface area contributed by atoms with Crippen LogP contribution in [0.4, 0.5) is 0 Å². The van der Waals surface area contributed by atoms with Crippen molar-refractivity contribution in [3.8, 4) is 0 Å². The molecule has 0 aliphatic rings. The van der Waals surface area contributed by atoms with Crippen LogP contribution >= 0.6 is 12.4 Å². The van der Waals surface area contributed by atoms with Crippen molar-refractivity contribution in [3.63, 3.8) is 0 Å². The summed E-state index contributed by atoms with van der Waals surface area (Å²) in [5.41, 5.74) is 0. The molecule has 24 valence electrons. The van der Waals surface area contributed by atoms with Gasteiger partial charge in [0.05, 0.1) is 0 Å². The fraction of sp³-hybridized carbons (Fsp3) is 0. The van der Waals surface area contributed by atoms with Gasteiger partial charge in [0.15, 0.2) is 0 Å². The molecular formula is HCaClF2. The fourth-order valence-electron chi connectivity index (χ4n) is 0. The third-order valence-electron chi connectivity index (χ3n) is 0. The maximum absolute atomic E-state index is 0. The van der Waals surface area contributed by atoms with Crippen molar-refractivity contribution in [1.29, 1.82) is 0 Å². The molecule has 0 heterocycles. The minimum absolute atomic E-state index is 0. The third-order valence-corrected chi connectivity index (χ3v) is 0. The van der Waals surface area contributed by atoms with Crippen molar-refractivity contribution >= 4 is 50.1 Å². The monoisotopic (exact) mass is 114 g/mol. The van der Waals surface area contributed by atoms with Crippen LogP contribution in [0.3, 0.4) is 0 Å². The molecule has 0 aromatic rings. The van der Waals surface area contributed by atoms with Crippen LogP contribution in [-0.4, -0.2) is 37.7 Å². The predicted molar refractivity (Wildman–Crippen MR) is 13.0 cm³/mol. The zero-order chi connectivity index (χ0) is 0. The molecular weight excluding hydrogens is 114 g/mol. The topological polar surface area (TPSA) is 0 Å². The summed E-state index contributed by atoms with van der Waals surface area (Å²) in [6.07, 6.45) is 0. The van der Waals surface area contributed by atoms with Crippen LogP contribution in [0.5, 0.6) is 0 Å². The molecule has 0 N–H and O–H groups in total. The molecule has 0 radical (unpaired) electrons. The summed E-state index contributed by atoms with van der Waals surface area (Å²) in [7, 11) is 0. The summed E-state index contributed by atoms with van der Waals surface area (Å²) in [5.74, 6) is 0. The van der Waals surface area contributed by atoms with Gasteiger partial charge in [-0.25, -0.2) is 0 Å². The van der Waals surface area contributed by atoms with Crippen LogP contribution in [-0.2, 0) is 0 Å². The van der Waals surface area contributed by atoms with Gasteiger partial charge in [-0.15, -0.1) is 12.4 Å². The Kier molecular flexibility index (Phi) is 341. The maximum atomic E-state index is 0. The van der Waals surface area contributed by atoms with Crippen molar-refractivity contribution < 1.29 is 9.41 Å². The summed E-state index contributed by atoms with van der Waals surface area (Å²) in [6, 6.07) is 0. The molecule has 0 nitrogen and oxygen atoms in total. The largest absolute Gasteiger partial charge is 2.00 e. The van der Waals surface area contributed by atoms with E-state index in [4.69, 9.17) is 0 Å². The molecule has 0 aliphatic carbocycles. The van der Waals surface area contributed by atoms with E-state index < -0.39 is 0 Å². The van der Waals surface area contributed by atoms with Crippen LogP contribution in [0.1, 0.15) is 0 Å². The summed E-state index contributed by atoms with van der Waals surface area (Å²) in [6.45, 7) is 0. The number of hydrogen-bond acceptors (Lipinski definition) is 0. The van der Waals surface area contributed by atoms with E-state index >= 15 is 0 Å². The molecule has 0 saturated heterocycles. The first-order valence-electron chi connectivity index (χ1n) is 0. The first-order chi connectivity index (χ1) is 0. The first-order valence-corrected chi connectivity index (χ1v) is 0. The summed E-state index contributed by atoms with van der Waals surface area (Å²) < 4.78 is 0. The van der Waals surface area contributed by atoms with Crippen molar-refractivity contribution in [2.75, 3.05) is 0 Å². The standard InChI is InChI=1S/Ca.ClH.2FH/h;3*1H/q+2;;;/p-2. The predicted octanol–water partition coefficient (Wildman–Crippen LogP) is -5.95. The fourth-order valence-corrected chi connectivity index (χ4v) is 0.